The van der Waals surface area contributed by atoms with Crippen LogP contribution in [0.2, 0.25) is 0 Å². The van der Waals surface area contributed by atoms with Crippen molar-refractivity contribution in [2.75, 3.05) is 48.3 Å². The van der Waals surface area contributed by atoms with Crippen LogP contribution in [-0.4, -0.2) is 63.6 Å². The Morgan fingerprint density at radius 3 is 2.35 bits per heavy atom. The number of hydrogen-bond acceptors (Lipinski definition) is 5. The van der Waals surface area contributed by atoms with E-state index in [4.69, 9.17) is 0 Å². The zero-order valence-electron chi connectivity index (χ0n) is 19.8. The zero-order chi connectivity index (χ0) is 24.0. The lowest BCUT2D eigenvalue weighted by molar-refractivity contribution is -0.131. The Kier molecular flexibility index (Phi) is 5.88. The average Bonchev–Trinajstić information content (AvgIpc) is 3.27. The number of carbonyl (C=O) groups excluding carboxylic acids is 2. The number of sulfone groups is 1. The molecule has 34 heavy (non-hydrogen) atoms. The van der Waals surface area contributed by atoms with Gasteiger partial charge in [-0.25, -0.2) is 8.42 Å². The first-order valence-electron chi connectivity index (χ1n) is 12.0. The van der Waals surface area contributed by atoms with Gasteiger partial charge in [0.25, 0.3) is 0 Å². The Morgan fingerprint density at radius 2 is 1.62 bits per heavy atom. The highest BCUT2D eigenvalue weighted by molar-refractivity contribution is 7.91. The Morgan fingerprint density at radius 1 is 0.912 bits per heavy atom. The van der Waals surface area contributed by atoms with Crippen LogP contribution < -0.4 is 9.80 Å². The minimum atomic E-state index is -3.58. The van der Waals surface area contributed by atoms with Crippen LogP contribution in [0.15, 0.2) is 35.2 Å². The molecule has 0 atom stereocenters. The molecule has 0 bridgehead atoms. The van der Waals surface area contributed by atoms with E-state index in [1.165, 1.54) is 16.8 Å². The fourth-order valence-corrected chi connectivity index (χ4v) is 6.68. The quantitative estimate of drug-likeness (QED) is 0.656. The predicted molar refractivity (Wildman–Crippen MR) is 132 cm³/mol. The number of aryl methyl sites for hydroxylation is 3. The van der Waals surface area contributed by atoms with Gasteiger partial charge in [0.15, 0.2) is 9.84 Å². The van der Waals surface area contributed by atoms with Gasteiger partial charge >= 0.3 is 0 Å². The van der Waals surface area contributed by atoms with Crippen molar-refractivity contribution in [2.45, 2.75) is 44.4 Å². The molecule has 3 aliphatic heterocycles. The molecule has 5 rings (SSSR count). The van der Waals surface area contributed by atoms with Crippen molar-refractivity contribution >= 4 is 33.0 Å². The monoisotopic (exact) mass is 481 g/mol. The highest BCUT2D eigenvalue weighted by Crippen LogP contribution is 2.38. The van der Waals surface area contributed by atoms with Gasteiger partial charge in [0.1, 0.15) is 0 Å². The smallest absolute Gasteiger partial charge is 0.227 e. The van der Waals surface area contributed by atoms with Crippen molar-refractivity contribution in [1.29, 1.82) is 0 Å². The van der Waals surface area contributed by atoms with Crippen LogP contribution >= 0.6 is 0 Å². The molecule has 0 unspecified atom stereocenters. The van der Waals surface area contributed by atoms with E-state index in [1.807, 2.05) is 0 Å². The van der Waals surface area contributed by atoms with Gasteiger partial charge in [-0.15, -0.1) is 0 Å². The molecule has 0 aromatic heterocycles. The van der Waals surface area contributed by atoms with E-state index >= 15 is 0 Å². The number of hydrogen-bond donors (Lipinski definition) is 0. The Labute approximate surface area is 201 Å². The second-order valence-corrected chi connectivity index (χ2v) is 11.7. The molecule has 7 nitrogen and oxygen atoms in total. The number of carbonyl (C=O) groups is 2. The second kappa shape index (κ2) is 8.73. The van der Waals surface area contributed by atoms with Gasteiger partial charge in [0, 0.05) is 51.3 Å². The van der Waals surface area contributed by atoms with E-state index in [1.54, 1.807) is 21.9 Å². The van der Waals surface area contributed by atoms with Gasteiger partial charge in [-0.05, 0) is 67.1 Å². The number of benzene rings is 2. The molecule has 180 valence electrons. The molecule has 3 heterocycles. The maximum Gasteiger partial charge on any atom is 0.227 e. The number of piperazine rings is 1. The molecule has 1 fully saturated rings. The fourth-order valence-electron chi connectivity index (χ4n) is 5.36. The summed E-state index contributed by atoms with van der Waals surface area (Å²) in [5.74, 6) is -0.183. The molecule has 2 aromatic rings. The SMILES string of the molecule is Cc1ccc(C)c(N2CCN(C(=O)CCS(=O)(=O)c3cc4c5c(c3)CCN5C(=O)CC4)CC2)c1. The first-order chi connectivity index (χ1) is 16.2. The molecular weight excluding hydrogens is 450 g/mol. The van der Waals surface area contributed by atoms with Gasteiger partial charge in [-0.1, -0.05) is 12.1 Å². The van der Waals surface area contributed by atoms with E-state index in [0.29, 0.717) is 38.9 Å². The van der Waals surface area contributed by atoms with Crippen molar-refractivity contribution in [3.8, 4) is 0 Å². The van der Waals surface area contributed by atoms with Crippen LogP contribution in [0.25, 0.3) is 0 Å². The van der Waals surface area contributed by atoms with Gasteiger partial charge in [0.05, 0.1) is 16.3 Å². The standard InChI is InChI=1S/C26H31N3O4S/c1-18-3-4-19(2)23(15-18)27-10-12-28(13-11-27)24(30)8-14-34(32,33)22-16-20-5-6-25(31)29-9-7-21(17-22)26(20)29/h3-4,15-17H,5-14H2,1-2H3. The van der Waals surface area contributed by atoms with Crippen molar-refractivity contribution in [3.63, 3.8) is 0 Å². The first kappa shape index (κ1) is 22.9. The highest BCUT2D eigenvalue weighted by Gasteiger charge is 2.33. The number of rotatable bonds is 5. The van der Waals surface area contributed by atoms with Crippen molar-refractivity contribution in [1.82, 2.24) is 4.90 Å². The summed E-state index contributed by atoms with van der Waals surface area (Å²) in [6.07, 6.45) is 1.66. The average molecular weight is 482 g/mol. The summed E-state index contributed by atoms with van der Waals surface area (Å²) < 4.78 is 26.2. The van der Waals surface area contributed by atoms with E-state index in [-0.39, 0.29) is 28.9 Å². The van der Waals surface area contributed by atoms with E-state index in [9.17, 15) is 18.0 Å². The Hall–Kier alpha value is -2.87. The van der Waals surface area contributed by atoms with Crippen LogP contribution in [-0.2, 0) is 32.3 Å². The van der Waals surface area contributed by atoms with Crippen molar-refractivity contribution in [3.05, 3.63) is 52.6 Å². The molecule has 0 radical (unpaired) electrons. The van der Waals surface area contributed by atoms with Crippen molar-refractivity contribution in [2.24, 2.45) is 0 Å². The molecule has 0 N–H and O–H groups in total. The summed E-state index contributed by atoms with van der Waals surface area (Å²) in [6, 6.07) is 9.82. The van der Waals surface area contributed by atoms with Gasteiger partial charge < -0.3 is 14.7 Å². The molecule has 0 saturated carbocycles. The third-order valence-corrected chi connectivity index (χ3v) is 9.00. The number of anilines is 2. The Bertz CT molecular complexity index is 1260. The summed E-state index contributed by atoms with van der Waals surface area (Å²) in [5, 5.41) is 0. The van der Waals surface area contributed by atoms with E-state index in [0.717, 1.165) is 29.9 Å². The lowest BCUT2D eigenvalue weighted by atomic mass is 10.00. The van der Waals surface area contributed by atoms with Gasteiger partial charge in [0.2, 0.25) is 11.8 Å². The number of amides is 2. The fraction of sp³-hybridized carbons (Fsp3) is 0.462. The maximum atomic E-state index is 13.1. The molecule has 2 amide bonds. The molecule has 1 saturated heterocycles. The van der Waals surface area contributed by atoms with E-state index < -0.39 is 9.84 Å². The third kappa shape index (κ3) is 4.19. The topological polar surface area (TPSA) is 78.0 Å². The van der Waals surface area contributed by atoms with Gasteiger partial charge in [-0.2, -0.15) is 0 Å². The largest absolute Gasteiger partial charge is 0.368 e. The van der Waals surface area contributed by atoms with Crippen LogP contribution in [0.1, 0.15) is 35.1 Å². The highest BCUT2D eigenvalue weighted by atomic mass is 32.2. The normalized spacial score (nSPS) is 17.8. The third-order valence-electron chi connectivity index (χ3n) is 7.31. The summed E-state index contributed by atoms with van der Waals surface area (Å²) in [4.78, 5) is 31.1. The molecule has 0 spiro atoms. The summed E-state index contributed by atoms with van der Waals surface area (Å²) >= 11 is 0. The van der Waals surface area contributed by atoms with Crippen LogP contribution in [0.5, 0.6) is 0 Å². The first-order valence-corrected chi connectivity index (χ1v) is 13.7. The lowest BCUT2D eigenvalue weighted by Crippen LogP contribution is -2.49. The molecule has 2 aromatic carbocycles. The summed E-state index contributed by atoms with van der Waals surface area (Å²) in [7, 11) is -3.58. The zero-order valence-corrected chi connectivity index (χ0v) is 20.7. The van der Waals surface area contributed by atoms with Crippen LogP contribution in [0, 0.1) is 13.8 Å². The van der Waals surface area contributed by atoms with Crippen LogP contribution in [0.4, 0.5) is 11.4 Å². The van der Waals surface area contributed by atoms with E-state index in [2.05, 4.69) is 36.9 Å². The number of nitrogens with zero attached hydrogens (tertiary/aromatic N) is 3. The minimum absolute atomic E-state index is 0.0111. The van der Waals surface area contributed by atoms with Gasteiger partial charge in [-0.3, -0.25) is 9.59 Å². The van der Waals surface area contributed by atoms with Crippen molar-refractivity contribution < 1.29 is 18.0 Å². The predicted octanol–water partition coefficient (Wildman–Crippen LogP) is 2.65. The molecule has 0 aliphatic carbocycles. The minimum Gasteiger partial charge on any atom is -0.368 e. The lowest BCUT2D eigenvalue weighted by Gasteiger charge is -2.37. The summed E-state index contributed by atoms with van der Waals surface area (Å²) in [5.41, 5.74) is 6.41. The molecular formula is C26H31N3O4S. The molecule has 3 aliphatic rings. The summed E-state index contributed by atoms with van der Waals surface area (Å²) in [6.45, 7) is 7.47. The Balaban J connectivity index is 1.21. The molecule has 8 heteroatoms. The maximum absolute atomic E-state index is 13.1. The van der Waals surface area contributed by atoms with Crippen LogP contribution in [0.3, 0.4) is 0 Å². The second-order valence-electron chi connectivity index (χ2n) is 9.61.